The quantitative estimate of drug-likeness (QED) is 0.639. The summed E-state index contributed by atoms with van der Waals surface area (Å²) in [6, 6.07) is 3.97. The first kappa shape index (κ1) is 15.2. The van der Waals surface area contributed by atoms with E-state index in [-0.39, 0.29) is 17.3 Å². The largest absolute Gasteiger partial charge is 0.478 e. The van der Waals surface area contributed by atoms with Gasteiger partial charge in [-0.1, -0.05) is 0 Å². The summed E-state index contributed by atoms with van der Waals surface area (Å²) in [6.45, 7) is 3.39. The minimum absolute atomic E-state index is 0.0586. The highest BCUT2D eigenvalue weighted by atomic mass is 16.6. The third kappa shape index (κ3) is 3.69. The van der Waals surface area contributed by atoms with E-state index in [1.807, 2.05) is 6.92 Å². The first-order chi connectivity index (χ1) is 9.99. The number of hydrogen-bond acceptors (Lipinski definition) is 5. The van der Waals surface area contributed by atoms with Gasteiger partial charge >= 0.3 is 5.97 Å². The Hall–Kier alpha value is -2.15. The van der Waals surface area contributed by atoms with Gasteiger partial charge in [-0.3, -0.25) is 10.1 Å². The second-order valence-corrected chi connectivity index (χ2v) is 5.18. The van der Waals surface area contributed by atoms with Crippen LogP contribution in [0.2, 0.25) is 0 Å². The van der Waals surface area contributed by atoms with Crippen LogP contribution in [0, 0.1) is 16.0 Å². The number of anilines is 1. The van der Waals surface area contributed by atoms with E-state index < -0.39 is 10.9 Å². The summed E-state index contributed by atoms with van der Waals surface area (Å²) in [5.41, 5.74) is 0.0452. The molecule has 1 unspecified atom stereocenters. The average Bonchev–Trinajstić information content (AvgIpc) is 2.48. The number of nitro benzene ring substituents is 1. The molecule has 0 saturated carbocycles. The molecular weight excluding hydrogens is 276 g/mol. The maximum Gasteiger partial charge on any atom is 0.335 e. The van der Waals surface area contributed by atoms with Gasteiger partial charge in [0.15, 0.2) is 0 Å². The maximum absolute atomic E-state index is 11.1. The van der Waals surface area contributed by atoms with E-state index in [9.17, 15) is 14.9 Å². The fourth-order valence-electron chi connectivity index (χ4n) is 2.52. The Kier molecular flexibility index (Phi) is 4.74. The monoisotopic (exact) mass is 294 g/mol. The molecule has 1 aliphatic rings. The van der Waals surface area contributed by atoms with Crippen LogP contribution in [0.5, 0.6) is 0 Å². The van der Waals surface area contributed by atoms with Crippen LogP contribution in [0.4, 0.5) is 11.4 Å². The van der Waals surface area contributed by atoms with Crippen molar-refractivity contribution in [3.8, 4) is 0 Å². The van der Waals surface area contributed by atoms with E-state index in [1.165, 1.54) is 12.1 Å². The van der Waals surface area contributed by atoms with Crippen LogP contribution >= 0.6 is 0 Å². The molecule has 2 N–H and O–H groups in total. The number of nitrogens with zero attached hydrogens (tertiary/aromatic N) is 1. The standard InChI is InChI=1S/C14H18N2O5/c1-9(10-4-6-21-7-5-10)15-12-3-2-11(14(17)18)8-13(12)16(19)20/h2-3,8-10,15H,4-7H2,1H3,(H,17,18). The molecule has 1 fully saturated rings. The summed E-state index contributed by atoms with van der Waals surface area (Å²) < 4.78 is 5.30. The van der Waals surface area contributed by atoms with Gasteiger partial charge in [0.05, 0.1) is 10.5 Å². The fourth-order valence-corrected chi connectivity index (χ4v) is 2.52. The molecule has 114 valence electrons. The van der Waals surface area contributed by atoms with Crippen molar-refractivity contribution >= 4 is 17.3 Å². The zero-order valence-electron chi connectivity index (χ0n) is 11.7. The molecule has 0 bridgehead atoms. The van der Waals surface area contributed by atoms with Crippen molar-refractivity contribution in [3.63, 3.8) is 0 Å². The Morgan fingerprint density at radius 1 is 1.48 bits per heavy atom. The van der Waals surface area contributed by atoms with Gasteiger partial charge < -0.3 is 15.2 Å². The zero-order valence-corrected chi connectivity index (χ0v) is 11.7. The fraction of sp³-hybridized carbons (Fsp3) is 0.500. The van der Waals surface area contributed by atoms with Gasteiger partial charge in [0.1, 0.15) is 5.69 Å². The molecule has 1 saturated heterocycles. The van der Waals surface area contributed by atoms with E-state index in [4.69, 9.17) is 9.84 Å². The molecule has 7 nitrogen and oxygen atoms in total. The highest BCUT2D eigenvalue weighted by Gasteiger charge is 2.24. The molecule has 1 aromatic rings. The van der Waals surface area contributed by atoms with Gasteiger partial charge in [-0.25, -0.2) is 4.79 Å². The van der Waals surface area contributed by atoms with Gasteiger partial charge in [0, 0.05) is 25.3 Å². The second kappa shape index (κ2) is 6.53. The number of aromatic carboxylic acids is 1. The molecular formula is C14H18N2O5. The molecule has 0 aromatic heterocycles. The Morgan fingerprint density at radius 3 is 2.71 bits per heavy atom. The summed E-state index contributed by atoms with van der Waals surface area (Å²) in [5, 5.41) is 23.2. The van der Waals surface area contributed by atoms with Gasteiger partial charge in [-0.05, 0) is 37.8 Å². The molecule has 1 aromatic carbocycles. The van der Waals surface area contributed by atoms with E-state index in [1.54, 1.807) is 0 Å². The summed E-state index contributed by atoms with van der Waals surface area (Å²) in [4.78, 5) is 21.4. The van der Waals surface area contributed by atoms with E-state index in [0.29, 0.717) is 24.8 Å². The summed E-state index contributed by atoms with van der Waals surface area (Å²) in [5.74, 6) is -0.792. The summed E-state index contributed by atoms with van der Waals surface area (Å²) in [6.07, 6.45) is 1.82. The molecule has 7 heteroatoms. The normalized spacial score (nSPS) is 17.2. The molecule has 1 aliphatic heterocycles. The molecule has 0 spiro atoms. The van der Waals surface area contributed by atoms with Crippen LogP contribution in [-0.4, -0.2) is 35.3 Å². The minimum atomic E-state index is -1.18. The SMILES string of the molecule is CC(Nc1ccc(C(=O)O)cc1[N+](=O)[O-])C1CCOCC1. The third-order valence-electron chi connectivity index (χ3n) is 3.80. The molecule has 21 heavy (non-hydrogen) atoms. The zero-order chi connectivity index (χ0) is 15.4. The van der Waals surface area contributed by atoms with Crippen LogP contribution in [0.25, 0.3) is 0 Å². The molecule has 0 amide bonds. The topological polar surface area (TPSA) is 102 Å². The van der Waals surface area contributed by atoms with Crippen molar-refractivity contribution in [1.82, 2.24) is 0 Å². The van der Waals surface area contributed by atoms with Crippen LogP contribution in [-0.2, 0) is 4.74 Å². The predicted molar refractivity (Wildman–Crippen MR) is 76.7 cm³/mol. The van der Waals surface area contributed by atoms with Crippen LogP contribution < -0.4 is 5.32 Å². The minimum Gasteiger partial charge on any atom is -0.478 e. The number of hydrogen-bond donors (Lipinski definition) is 2. The number of carboxylic acids is 1. The van der Waals surface area contributed by atoms with Gasteiger partial charge in [-0.15, -0.1) is 0 Å². The van der Waals surface area contributed by atoms with Crippen molar-refractivity contribution in [2.45, 2.75) is 25.8 Å². The second-order valence-electron chi connectivity index (χ2n) is 5.18. The van der Waals surface area contributed by atoms with Crippen molar-refractivity contribution in [3.05, 3.63) is 33.9 Å². The Labute approximate surface area is 122 Å². The van der Waals surface area contributed by atoms with E-state index in [0.717, 1.165) is 18.9 Å². The molecule has 0 radical (unpaired) electrons. The number of nitro groups is 1. The van der Waals surface area contributed by atoms with Crippen molar-refractivity contribution in [2.75, 3.05) is 18.5 Å². The number of benzene rings is 1. The highest BCUT2D eigenvalue weighted by molar-refractivity contribution is 5.89. The lowest BCUT2D eigenvalue weighted by atomic mass is 9.92. The lowest BCUT2D eigenvalue weighted by molar-refractivity contribution is -0.384. The van der Waals surface area contributed by atoms with E-state index in [2.05, 4.69) is 5.32 Å². The van der Waals surface area contributed by atoms with Gasteiger partial charge in [0.2, 0.25) is 0 Å². The van der Waals surface area contributed by atoms with Crippen molar-refractivity contribution in [1.29, 1.82) is 0 Å². The molecule has 1 atom stereocenters. The predicted octanol–water partition coefficient (Wildman–Crippen LogP) is 2.52. The van der Waals surface area contributed by atoms with Crippen LogP contribution in [0.3, 0.4) is 0 Å². The molecule has 1 heterocycles. The van der Waals surface area contributed by atoms with Gasteiger partial charge in [0.25, 0.3) is 5.69 Å². The van der Waals surface area contributed by atoms with Gasteiger partial charge in [-0.2, -0.15) is 0 Å². The lowest BCUT2D eigenvalue weighted by Crippen LogP contribution is -2.31. The number of carbonyl (C=O) groups is 1. The summed E-state index contributed by atoms with van der Waals surface area (Å²) >= 11 is 0. The first-order valence-corrected chi connectivity index (χ1v) is 6.85. The number of carboxylic acid groups (broad SMARTS) is 1. The maximum atomic E-state index is 11.1. The Bertz CT molecular complexity index is 540. The third-order valence-corrected chi connectivity index (χ3v) is 3.80. The number of nitrogens with one attached hydrogen (secondary N) is 1. The van der Waals surface area contributed by atoms with Crippen LogP contribution in [0.1, 0.15) is 30.1 Å². The number of rotatable bonds is 5. The number of ether oxygens (including phenoxy) is 1. The Morgan fingerprint density at radius 2 is 2.14 bits per heavy atom. The van der Waals surface area contributed by atoms with E-state index >= 15 is 0 Å². The Balaban J connectivity index is 2.18. The van der Waals surface area contributed by atoms with Crippen molar-refractivity contribution < 1.29 is 19.6 Å². The summed E-state index contributed by atoms with van der Waals surface area (Å²) in [7, 11) is 0. The molecule has 0 aliphatic carbocycles. The molecule has 2 rings (SSSR count). The smallest absolute Gasteiger partial charge is 0.335 e. The highest BCUT2D eigenvalue weighted by Crippen LogP contribution is 2.29. The first-order valence-electron chi connectivity index (χ1n) is 6.85. The average molecular weight is 294 g/mol. The van der Waals surface area contributed by atoms with Crippen molar-refractivity contribution in [2.24, 2.45) is 5.92 Å². The lowest BCUT2D eigenvalue weighted by Gasteiger charge is -2.28. The van der Waals surface area contributed by atoms with Crippen LogP contribution in [0.15, 0.2) is 18.2 Å².